The van der Waals surface area contributed by atoms with Crippen molar-refractivity contribution in [2.24, 2.45) is 7.05 Å². The lowest BCUT2D eigenvalue weighted by Crippen LogP contribution is -2.16. The number of nitrogens with one attached hydrogen (secondary N) is 1. The third kappa shape index (κ3) is 4.54. The van der Waals surface area contributed by atoms with E-state index in [1.807, 2.05) is 38.2 Å². The molecule has 3 aromatic rings. The summed E-state index contributed by atoms with van der Waals surface area (Å²) in [6.45, 7) is 1.99. The van der Waals surface area contributed by atoms with Crippen molar-refractivity contribution in [2.45, 2.75) is 12.1 Å². The molecular formula is C18H15BrF2N4OS. The zero-order valence-corrected chi connectivity index (χ0v) is 16.9. The molecular weight excluding hydrogens is 438 g/mol. The maximum absolute atomic E-state index is 13.8. The Hall–Kier alpha value is -2.26. The van der Waals surface area contributed by atoms with Crippen LogP contribution in [-0.2, 0) is 11.8 Å². The molecule has 0 aliphatic rings. The Morgan fingerprint density at radius 3 is 2.74 bits per heavy atom. The lowest BCUT2D eigenvalue weighted by atomic mass is 10.1. The van der Waals surface area contributed by atoms with Crippen LogP contribution in [0, 0.1) is 18.6 Å². The van der Waals surface area contributed by atoms with Crippen LogP contribution in [0.3, 0.4) is 0 Å². The van der Waals surface area contributed by atoms with E-state index in [0.717, 1.165) is 17.2 Å². The number of thioether (sulfide) groups is 1. The second kappa shape index (κ2) is 8.18. The minimum atomic E-state index is -0.847. The van der Waals surface area contributed by atoms with Gasteiger partial charge in [0, 0.05) is 23.2 Å². The van der Waals surface area contributed by atoms with Gasteiger partial charge in [-0.25, -0.2) is 8.78 Å². The normalized spacial score (nSPS) is 10.9. The number of nitrogens with zero attached hydrogens (tertiary/aromatic N) is 3. The number of halogens is 3. The maximum Gasteiger partial charge on any atom is 0.234 e. The highest BCUT2D eigenvalue weighted by Crippen LogP contribution is 2.28. The number of aromatic nitrogens is 3. The first-order valence-electron chi connectivity index (χ1n) is 7.89. The zero-order chi connectivity index (χ0) is 19.6. The Bertz CT molecular complexity index is 986. The van der Waals surface area contributed by atoms with Gasteiger partial charge in [-0.1, -0.05) is 35.5 Å². The van der Waals surface area contributed by atoms with Gasteiger partial charge in [-0.15, -0.1) is 10.2 Å². The van der Waals surface area contributed by atoms with E-state index in [1.165, 1.54) is 11.8 Å². The van der Waals surface area contributed by atoms with Gasteiger partial charge in [-0.3, -0.25) is 4.79 Å². The number of carbonyl (C=O) groups excluding carboxylic acids is 1. The van der Waals surface area contributed by atoms with Gasteiger partial charge >= 0.3 is 0 Å². The summed E-state index contributed by atoms with van der Waals surface area (Å²) in [4.78, 5) is 12.1. The first-order valence-corrected chi connectivity index (χ1v) is 9.66. The topological polar surface area (TPSA) is 59.8 Å². The predicted molar refractivity (Wildman–Crippen MR) is 105 cm³/mol. The Morgan fingerprint density at radius 1 is 1.26 bits per heavy atom. The Balaban J connectivity index is 1.68. The third-order valence-corrected chi connectivity index (χ3v) is 5.36. The molecule has 0 aliphatic heterocycles. The van der Waals surface area contributed by atoms with Gasteiger partial charge in [0.25, 0.3) is 0 Å². The fourth-order valence-corrected chi connectivity index (χ4v) is 3.66. The van der Waals surface area contributed by atoms with Gasteiger partial charge in [-0.2, -0.15) is 0 Å². The third-order valence-electron chi connectivity index (χ3n) is 3.71. The average molecular weight is 453 g/mol. The minimum absolute atomic E-state index is 0.00302. The minimum Gasteiger partial charge on any atom is -0.322 e. The van der Waals surface area contributed by atoms with Crippen molar-refractivity contribution in [2.75, 3.05) is 11.1 Å². The van der Waals surface area contributed by atoms with Crippen LogP contribution >= 0.6 is 27.7 Å². The molecule has 0 aliphatic carbocycles. The molecule has 3 rings (SSSR count). The van der Waals surface area contributed by atoms with Crippen LogP contribution in [0.2, 0.25) is 0 Å². The first kappa shape index (κ1) is 19.5. The molecule has 0 saturated carbocycles. The van der Waals surface area contributed by atoms with Crippen molar-refractivity contribution in [1.82, 2.24) is 14.8 Å². The quantitative estimate of drug-likeness (QED) is 0.576. The summed E-state index contributed by atoms with van der Waals surface area (Å²) in [7, 11) is 1.81. The Morgan fingerprint density at radius 2 is 2.04 bits per heavy atom. The monoisotopic (exact) mass is 452 g/mol. The molecule has 0 spiro atoms. The number of aryl methyl sites for hydroxylation is 1. The van der Waals surface area contributed by atoms with E-state index in [-0.39, 0.29) is 15.9 Å². The predicted octanol–water partition coefficient (Wildman–Crippen LogP) is 4.56. The van der Waals surface area contributed by atoms with Crippen LogP contribution in [0.1, 0.15) is 5.56 Å². The molecule has 1 N–H and O–H groups in total. The summed E-state index contributed by atoms with van der Waals surface area (Å²) >= 11 is 4.22. The van der Waals surface area contributed by atoms with Crippen molar-refractivity contribution in [1.29, 1.82) is 0 Å². The van der Waals surface area contributed by atoms with Crippen LogP contribution in [0.15, 0.2) is 46.0 Å². The Kier molecular flexibility index (Phi) is 5.91. The SMILES string of the molecule is Cc1cccc(-c2nnc(SCC(=O)Nc3c(F)cc(F)cc3Br)n2C)c1. The molecule has 1 aromatic heterocycles. The molecule has 0 radical (unpaired) electrons. The lowest BCUT2D eigenvalue weighted by molar-refractivity contribution is -0.113. The second-order valence-corrected chi connectivity index (χ2v) is 7.61. The molecule has 2 aromatic carbocycles. The average Bonchev–Trinajstić information content (AvgIpc) is 2.97. The molecule has 0 fully saturated rings. The number of amides is 1. The van der Waals surface area contributed by atoms with Gasteiger partial charge < -0.3 is 9.88 Å². The standard InChI is InChI=1S/C18H15BrF2N4OS/c1-10-4-3-5-11(6-10)17-23-24-18(25(17)2)27-9-15(26)22-16-13(19)7-12(20)8-14(16)21/h3-8H,9H2,1-2H3,(H,22,26). The molecule has 5 nitrogen and oxygen atoms in total. The number of anilines is 1. The van der Waals surface area contributed by atoms with Crippen LogP contribution in [0.25, 0.3) is 11.4 Å². The van der Waals surface area contributed by atoms with E-state index in [1.54, 1.807) is 4.57 Å². The van der Waals surface area contributed by atoms with Crippen molar-refractivity contribution in [3.05, 3.63) is 58.1 Å². The van der Waals surface area contributed by atoms with E-state index >= 15 is 0 Å². The first-order chi connectivity index (χ1) is 12.8. The fraction of sp³-hybridized carbons (Fsp3) is 0.167. The van der Waals surface area contributed by atoms with Gasteiger partial charge in [-0.05, 0) is 35.0 Å². The molecule has 0 unspecified atom stereocenters. The van der Waals surface area contributed by atoms with E-state index < -0.39 is 17.5 Å². The summed E-state index contributed by atoms with van der Waals surface area (Å²) in [6.07, 6.45) is 0. The number of benzene rings is 2. The fourth-order valence-electron chi connectivity index (χ4n) is 2.44. The Labute approximate surface area is 167 Å². The highest BCUT2D eigenvalue weighted by Gasteiger charge is 2.16. The van der Waals surface area contributed by atoms with E-state index in [2.05, 4.69) is 31.4 Å². The molecule has 0 saturated heterocycles. The summed E-state index contributed by atoms with van der Waals surface area (Å²) in [6, 6.07) is 9.67. The number of carbonyl (C=O) groups is 1. The van der Waals surface area contributed by atoms with E-state index in [9.17, 15) is 13.6 Å². The van der Waals surface area contributed by atoms with Crippen LogP contribution < -0.4 is 5.32 Å². The van der Waals surface area contributed by atoms with E-state index in [4.69, 9.17) is 0 Å². The van der Waals surface area contributed by atoms with Gasteiger partial charge in [0.15, 0.2) is 16.8 Å². The largest absolute Gasteiger partial charge is 0.322 e. The lowest BCUT2D eigenvalue weighted by Gasteiger charge is -2.09. The summed E-state index contributed by atoms with van der Waals surface area (Å²) in [5.74, 6) is -1.32. The van der Waals surface area contributed by atoms with Gasteiger partial charge in [0.05, 0.1) is 11.4 Å². The molecule has 0 bridgehead atoms. The van der Waals surface area contributed by atoms with Crippen LogP contribution in [0.5, 0.6) is 0 Å². The van der Waals surface area contributed by atoms with E-state index in [0.29, 0.717) is 17.0 Å². The van der Waals surface area contributed by atoms with Crippen molar-refractivity contribution in [3.8, 4) is 11.4 Å². The second-order valence-electron chi connectivity index (χ2n) is 5.82. The summed E-state index contributed by atoms with van der Waals surface area (Å²) in [5.41, 5.74) is 1.94. The van der Waals surface area contributed by atoms with Crippen LogP contribution in [0.4, 0.5) is 14.5 Å². The number of hydrogen-bond acceptors (Lipinski definition) is 4. The van der Waals surface area contributed by atoms with Crippen molar-refractivity contribution in [3.63, 3.8) is 0 Å². The molecule has 9 heteroatoms. The molecule has 1 amide bonds. The molecule has 140 valence electrons. The molecule has 1 heterocycles. The summed E-state index contributed by atoms with van der Waals surface area (Å²) in [5, 5.41) is 11.3. The van der Waals surface area contributed by atoms with Crippen molar-refractivity contribution >= 4 is 39.3 Å². The number of hydrogen-bond donors (Lipinski definition) is 1. The smallest absolute Gasteiger partial charge is 0.234 e. The highest BCUT2D eigenvalue weighted by atomic mass is 79.9. The highest BCUT2D eigenvalue weighted by molar-refractivity contribution is 9.10. The maximum atomic E-state index is 13.8. The molecule has 0 atom stereocenters. The number of rotatable bonds is 5. The van der Waals surface area contributed by atoms with Crippen LogP contribution in [-0.4, -0.2) is 26.4 Å². The molecule has 27 heavy (non-hydrogen) atoms. The van der Waals surface area contributed by atoms with Gasteiger partial charge in [0.2, 0.25) is 5.91 Å². The van der Waals surface area contributed by atoms with Gasteiger partial charge in [0.1, 0.15) is 5.82 Å². The van der Waals surface area contributed by atoms with Crippen molar-refractivity contribution < 1.29 is 13.6 Å². The summed E-state index contributed by atoms with van der Waals surface area (Å²) < 4.78 is 28.9. The zero-order valence-electron chi connectivity index (χ0n) is 14.5.